The van der Waals surface area contributed by atoms with E-state index in [1.165, 1.54) is 0 Å². The fourth-order valence-corrected chi connectivity index (χ4v) is 2.01. The second kappa shape index (κ2) is 6.50. The van der Waals surface area contributed by atoms with Crippen LogP contribution >= 0.6 is 11.6 Å². The van der Waals surface area contributed by atoms with Gasteiger partial charge in [0, 0.05) is 6.42 Å². The summed E-state index contributed by atoms with van der Waals surface area (Å²) in [5, 5.41) is 9.10. The van der Waals surface area contributed by atoms with Crippen LogP contribution in [0.2, 0.25) is 5.02 Å². The molecule has 0 unspecified atom stereocenters. The van der Waals surface area contributed by atoms with Crippen molar-refractivity contribution < 1.29 is 14.6 Å². The van der Waals surface area contributed by atoms with Gasteiger partial charge in [-0.1, -0.05) is 17.7 Å². The normalized spacial score (nSPS) is 10.3. The summed E-state index contributed by atoms with van der Waals surface area (Å²) in [4.78, 5) is 10.3. The minimum atomic E-state index is -0.769. The lowest BCUT2D eigenvalue weighted by Crippen LogP contribution is -2.02. The molecular formula is C13H17ClO3. The third kappa shape index (κ3) is 4.65. The average molecular weight is 257 g/mol. The molecule has 0 fully saturated rings. The number of halogens is 1. The molecule has 1 aromatic rings. The number of hydrogen-bond acceptors (Lipinski definition) is 2. The van der Waals surface area contributed by atoms with Crippen LogP contribution in [-0.4, -0.2) is 17.7 Å². The van der Waals surface area contributed by atoms with Crippen LogP contribution in [0, 0.1) is 13.8 Å². The van der Waals surface area contributed by atoms with Crippen LogP contribution in [0.15, 0.2) is 12.1 Å². The number of aliphatic carboxylic acids is 1. The Hall–Kier alpha value is -1.22. The predicted molar refractivity (Wildman–Crippen MR) is 67.9 cm³/mol. The van der Waals surface area contributed by atoms with Crippen LogP contribution in [0.25, 0.3) is 0 Å². The quantitative estimate of drug-likeness (QED) is 0.791. The van der Waals surface area contributed by atoms with Crippen LogP contribution in [-0.2, 0) is 4.79 Å². The van der Waals surface area contributed by atoms with Gasteiger partial charge in [-0.05, 0) is 43.9 Å². The van der Waals surface area contributed by atoms with E-state index in [1.54, 1.807) is 0 Å². The fourth-order valence-electron chi connectivity index (χ4n) is 1.64. The van der Waals surface area contributed by atoms with E-state index < -0.39 is 5.97 Å². The van der Waals surface area contributed by atoms with E-state index in [4.69, 9.17) is 21.4 Å². The van der Waals surface area contributed by atoms with Crippen molar-refractivity contribution in [3.63, 3.8) is 0 Å². The van der Waals surface area contributed by atoms with Gasteiger partial charge in [0.2, 0.25) is 0 Å². The number of rotatable bonds is 6. The number of benzene rings is 1. The molecule has 17 heavy (non-hydrogen) atoms. The van der Waals surface area contributed by atoms with Crippen LogP contribution in [0.5, 0.6) is 5.75 Å². The lowest BCUT2D eigenvalue weighted by atomic mass is 10.1. The molecule has 0 amide bonds. The summed E-state index contributed by atoms with van der Waals surface area (Å²) < 4.78 is 5.58. The molecule has 0 spiro atoms. The molecule has 0 radical (unpaired) electrons. The Kier molecular flexibility index (Phi) is 5.29. The molecule has 0 aliphatic carbocycles. The third-order valence-electron chi connectivity index (χ3n) is 2.41. The van der Waals surface area contributed by atoms with Crippen molar-refractivity contribution in [3.8, 4) is 5.75 Å². The fraction of sp³-hybridized carbons (Fsp3) is 0.462. The molecular weight excluding hydrogens is 240 g/mol. The summed E-state index contributed by atoms with van der Waals surface area (Å²) in [6.45, 7) is 4.43. The van der Waals surface area contributed by atoms with Crippen molar-refractivity contribution in [2.75, 3.05) is 6.61 Å². The van der Waals surface area contributed by atoms with E-state index in [0.29, 0.717) is 23.8 Å². The Bertz CT molecular complexity index is 379. The highest BCUT2D eigenvalue weighted by Gasteiger charge is 2.06. The molecule has 1 N–H and O–H groups in total. The van der Waals surface area contributed by atoms with Crippen molar-refractivity contribution in [2.45, 2.75) is 33.1 Å². The molecule has 0 saturated heterocycles. The van der Waals surface area contributed by atoms with E-state index in [-0.39, 0.29) is 6.42 Å². The van der Waals surface area contributed by atoms with Gasteiger partial charge in [0.05, 0.1) is 11.6 Å². The second-order valence-corrected chi connectivity index (χ2v) is 4.50. The molecule has 3 nitrogen and oxygen atoms in total. The van der Waals surface area contributed by atoms with Crippen molar-refractivity contribution in [1.29, 1.82) is 0 Å². The maximum absolute atomic E-state index is 10.3. The standard InChI is InChI=1S/C13H17ClO3/c1-9-7-10(2)13(11(14)8-9)17-6-4-3-5-12(15)16/h7-8H,3-6H2,1-2H3,(H,15,16). The molecule has 0 saturated carbocycles. The van der Waals surface area contributed by atoms with E-state index >= 15 is 0 Å². The van der Waals surface area contributed by atoms with Gasteiger partial charge in [-0.25, -0.2) is 0 Å². The summed E-state index contributed by atoms with van der Waals surface area (Å²) in [7, 11) is 0. The number of aryl methyl sites for hydroxylation is 2. The molecule has 0 aliphatic rings. The van der Waals surface area contributed by atoms with Crippen LogP contribution in [0.3, 0.4) is 0 Å². The Morgan fingerprint density at radius 3 is 2.65 bits per heavy atom. The minimum Gasteiger partial charge on any atom is -0.492 e. The maximum atomic E-state index is 10.3. The molecule has 94 valence electrons. The summed E-state index contributed by atoms with van der Waals surface area (Å²) in [6.07, 6.45) is 1.53. The first-order valence-electron chi connectivity index (χ1n) is 5.62. The van der Waals surface area contributed by atoms with Gasteiger partial charge in [-0.3, -0.25) is 4.79 Å². The first kappa shape index (κ1) is 13.8. The zero-order valence-electron chi connectivity index (χ0n) is 10.1. The molecule has 0 atom stereocenters. The number of carboxylic acid groups (broad SMARTS) is 1. The highest BCUT2D eigenvalue weighted by Crippen LogP contribution is 2.29. The molecule has 4 heteroatoms. The number of unbranched alkanes of at least 4 members (excludes halogenated alkanes) is 1. The monoisotopic (exact) mass is 256 g/mol. The van der Waals surface area contributed by atoms with Gasteiger partial charge in [0.15, 0.2) is 0 Å². The van der Waals surface area contributed by atoms with Gasteiger partial charge in [0.25, 0.3) is 0 Å². The highest BCUT2D eigenvalue weighted by molar-refractivity contribution is 6.32. The molecule has 0 aromatic heterocycles. The lowest BCUT2D eigenvalue weighted by molar-refractivity contribution is -0.137. The minimum absolute atomic E-state index is 0.184. The van der Waals surface area contributed by atoms with Gasteiger partial charge >= 0.3 is 5.97 Å². The van der Waals surface area contributed by atoms with Crippen molar-refractivity contribution >= 4 is 17.6 Å². The summed E-state index contributed by atoms with van der Waals surface area (Å²) in [6, 6.07) is 3.87. The largest absolute Gasteiger partial charge is 0.492 e. The summed E-state index contributed by atoms with van der Waals surface area (Å²) in [5.74, 6) is -0.0675. The summed E-state index contributed by atoms with van der Waals surface area (Å²) in [5.41, 5.74) is 2.11. The first-order chi connectivity index (χ1) is 8.00. The van der Waals surface area contributed by atoms with E-state index in [2.05, 4.69) is 0 Å². The van der Waals surface area contributed by atoms with Crippen molar-refractivity contribution in [3.05, 3.63) is 28.3 Å². The number of hydrogen-bond donors (Lipinski definition) is 1. The zero-order chi connectivity index (χ0) is 12.8. The first-order valence-corrected chi connectivity index (χ1v) is 6.00. The number of carbonyl (C=O) groups is 1. The van der Waals surface area contributed by atoms with Gasteiger partial charge in [-0.2, -0.15) is 0 Å². The topological polar surface area (TPSA) is 46.5 Å². The average Bonchev–Trinajstić information content (AvgIpc) is 2.20. The second-order valence-electron chi connectivity index (χ2n) is 4.09. The maximum Gasteiger partial charge on any atom is 0.303 e. The van der Waals surface area contributed by atoms with Crippen molar-refractivity contribution in [1.82, 2.24) is 0 Å². The molecule has 0 bridgehead atoms. The van der Waals surface area contributed by atoms with E-state index in [9.17, 15) is 4.79 Å². The lowest BCUT2D eigenvalue weighted by Gasteiger charge is -2.11. The van der Waals surface area contributed by atoms with Gasteiger partial charge in [-0.15, -0.1) is 0 Å². The summed E-state index contributed by atoms with van der Waals surface area (Å²) >= 11 is 6.08. The SMILES string of the molecule is Cc1cc(C)c(OCCCCC(=O)O)c(Cl)c1. The molecule has 0 heterocycles. The van der Waals surface area contributed by atoms with Crippen LogP contribution in [0.4, 0.5) is 0 Å². The molecule has 1 rings (SSSR count). The number of ether oxygens (including phenoxy) is 1. The smallest absolute Gasteiger partial charge is 0.303 e. The zero-order valence-corrected chi connectivity index (χ0v) is 10.9. The van der Waals surface area contributed by atoms with E-state index in [0.717, 1.165) is 17.5 Å². The predicted octanol–water partition coefficient (Wildman–Crippen LogP) is 3.59. The van der Waals surface area contributed by atoms with Crippen molar-refractivity contribution in [2.24, 2.45) is 0 Å². The van der Waals surface area contributed by atoms with Gasteiger partial charge < -0.3 is 9.84 Å². The molecule has 0 aliphatic heterocycles. The van der Waals surface area contributed by atoms with Crippen LogP contribution in [0.1, 0.15) is 30.4 Å². The Morgan fingerprint density at radius 2 is 2.06 bits per heavy atom. The third-order valence-corrected chi connectivity index (χ3v) is 2.69. The highest BCUT2D eigenvalue weighted by atomic mass is 35.5. The van der Waals surface area contributed by atoms with E-state index in [1.807, 2.05) is 26.0 Å². The van der Waals surface area contributed by atoms with Crippen LogP contribution < -0.4 is 4.74 Å². The number of carboxylic acids is 1. The van der Waals surface area contributed by atoms with Gasteiger partial charge in [0.1, 0.15) is 5.75 Å². The Morgan fingerprint density at radius 1 is 1.35 bits per heavy atom. The Labute approximate surface area is 106 Å². The molecule has 1 aromatic carbocycles. The Balaban J connectivity index is 2.44.